The molecular formula is C13H16N4O2S. The molecule has 0 saturated carbocycles. The summed E-state index contributed by atoms with van der Waals surface area (Å²) in [6.07, 6.45) is 6.03. The second kappa shape index (κ2) is 5.78. The first-order valence-corrected chi connectivity index (χ1v) is 7.68. The van der Waals surface area contributed by atoms with Gasteiger partial charge in [0.25, 0.3) is 0 Å². The minimum absolute atomic E-state index is 0.252. The fraction of sp³-hybridized carbons (Fsp3) is 0.538. The Balaban J connectivity index is 1.99. The van der Waals surface area contributed by atoms with E-state index in [1.54, 1.807) is 0 Å². The number of nitrogens with zero attached hydrogens (tertiary/aromatic N) is 4. The van der Waals surface area contributed by atoms with Crippen LogP contribution >= 0.6 is 11.8 Å². The van der Waals surface area contributed by atoms with E-state index in [1.807, 2.05) is 0 Å². The van der Waals surface area contributed by atoms with Crippen LogP contribution in [0.3, 0.4) is 0 Å². The molecule has 0 spiro atoms. The number of thioether (sulfide) groups is 1. The van der Waals surface area contributed by atoms with Crippen molar-refractivity contribution in [2.45, 2.75) is 37.3 Å². The van der Waals surface area contributed by atoms with Gasteiger partial charge >= 0.3 is 5.97 Å². The molecule has 1 aliphatic rings. The first-order valence-electron chi connectivity index (χ1n) is 6.69. The molecule has 0 N–H and O–H groups in total. The van der Waals surface area contributed by atoms with Gasteiger partial charge in [-0.05, 0) is 12.8 Å². The lowest BCUT2D eigenvalue weighted by atomic mass is 10.2. The third kappa shape index (κ3) is 2.49. The number of hydrogen-bond acceptors (Lipinski definition) is 6. The number of methoxy groups -OCH3 is 1. The number of imidazole rings is 1. The molecule has 1 aliphatic heterocycles. The minimum Gasteiger partial charge on any atom is -0.468 e. The molecule has 0 fully saturated rings. The highest BCUT2D eigenvalue weighted by Crippen LogP contribution is 2.28. The monoisotopic (exact) mass is 292 g/mol. The topological polar surface area (TPSA) is 69.9 Å². The summed E-state index contributed by atoms with van der Waals surface area (Å²) in [6, 6.07) is 0. The fourth-order valence-electron chi connectivity index (χ4n) is 2.44. The zero-order valence-electron chi connectivity index (χ0n) is 11.3. The number of hydrogen-bond donors (Lipinski definition) is 0. The van der Waals surface area contributed by atoms with Crippen LogP contribution in [0.25, 0.3) is 11.2 Å². The lowest BCUT2D eigenvalue weighted by Crippen LogP contribution is -2.05. The lowest BCUT2D eigenvalue weighted by Gasteiger charge is -2.07. The molecule has 3 heterocycles. The maximum Gasteiger partial charge on any atom is 0.316 e. The normalized spacial score (nSPS) is 14.8. The van der Waals surface area contributed by atoms with Crippen molar-refractivity contribution in [1.82, 2.24) is 19.5 Å². The zero-order valence-corrected chi connectivity index (χ0v) is 12.2. The lowest BCUT2D eigenvalue weighted by molar-refractivity contribution is -0.137. The van der Waals surface area contributed by atoms with Crippen LogP contribution in [0.1, 0.15) is 25.1 Å². The first-order chi connectivity index (χ1) is 9.79. The van der Waals surface area contributed by atoms with Crippen LogP contribution in [0, 0.1) is 0 Å². The summed E-state index contributed by atoms with van der Waals surface area (Å²) in [6.45, 7) is 0.949. The number of esters is 1. The molecule has 6 nitrogen and oxygen atoms in total. The maximum absolute atomic E-state index is 11.3. The van der Waals surface area contributed by atoms with Crippen molar-refractivity contribution >= 4 is 28.9 Å². The smallest absolute Gasteiger partial charge is 0.316 e. The molecule has 0 bridgehead atoms. The second-order valence-corrected chi connectivity index (χ2v) is 5.67. The summed E-state index contributed by atoms with van der Waals surface area (Å²) >= 11 is 1.38. The molecule has 0 aromatic carbocycles. The van der Waals surface area contributed by atoms with Gasteiger partial charge in [-0.25, -0.2) is 15.0 Å². The summed E-state index contributed by atoms with van der Waals surface area (Å²) in [5.74, 6) is 1.08. The molecule has 0 unspecified atom stereocenters. The highest BCUT2D eigenvalue weighted by Gasteiger charge is 2.18. The Morgan fingerprint density at radius 3 is 3.15 bits per heavy atom. The average molecular weight is 292 g/mol. The summed E-state index contributed by atoms with van der Waals surface area (Å²) in [7, 11) is 1.39. The fourth-order valence-corrected chi connectivity index (χ4v) is 3.27. The van der Waals surface area contributed by atoms with E-state index in [4.69, 9.17) is 0 Å². The Labute approximate surface area is 121 Å². The van der Waals surface area contributed by atoms with E-state index in [9.17, 15) is 4.79 Å². The highest BCUT2D eigenvalue weighted by molar-refractivity contribution is 8.00. The average Bonchev–Trinajstić information content (AvgIpc) is 2.67. The largest absolute Gasteiger partial charge is 0.468 e. The summed E-state index contributed by atoms with van der Waals surface area (Å²) < 4.78 is 6.88. The Bertz CT molecular complexity index is 641. The maximum atomic E-state index is 11.3. The molecule has 0 amide bonds. The molecule has 0 atom stereocenters. The Morgan fingerprint density at radius 2 is 2.30 bits per heavy atom. The van der Waals surface area contributed by atoms with Crippen LogP contribution in [-0.2, 0) is 22.5 Å². The zero-order chi connectivity index (χ0) is 13.9. The van der Waals surface area contributed by atoms with Crippen molar-refractivity contribution in [2.24, 2.45) is 0 Å². The van der Waals surface area contributed by atoms with Gasteiger partial charge in [-0.15, -0.1) is 0 Å². The Kier molecular flexibility index (Phi) is 3.86. The number of fused-ring (bicyclic) bond motifs is 3. The molecule has 2 aromatic rings. The van der Waals surface area contributed by atoms with Crippen molar-refractivity contribution in [3.63, 3.8) is 0 Å². The van der Waals surface area contributed by atoms with E-state index in [-0.39, 0.29) is 11.7 Å². The predicted molar refractivity (Wildman–Crippen MR) is 75.6 cm³/mol. The SMILES string of the molecule is COC(=O)CSc1ncnc2nc3n(c12)CCCCC3. The van der Waals surface area contributed by atoms with Crippen LogP contribution in [-0.4, -0.2) is 38.4 Å². The van der Waals surface area contributed by atoms with E-state index in [0.717, 1.165) is 41.4 Å². The van der Waals surface area contributed by atoms with Gasteiger partial charge in [0.05, 0.1) is 12.9 Å². The van der Waals surface area contributed by atoms with Gasteiger partial charge in [-0.2, -0.15) is 0 Å². The molecule has 0 saturated heterocycles. The summed E-state index contributed by atoms with van der Waals surface area (Å²) in [5, 5.41) is 0.807. The van der Waals surface area contributed by atoms with E-state index >= 15 is 0 Å². The minimum atomic E-state index is -0.252. The summed E-state index contributed by atoms with van der Waals surface area (Å²) in [5.41, 5.74) is 1.68. The van der Waals surface area contributed by atoms with Crippen molar-refractivity contribution in [2.75, 3.05) is 12.9 Å². The van der Waals surface area contributed by atoms with Crippen LogP contribution < -0.4 is 0 Å². The number of rotatable bonds is 3. The molecular weight excluding hydrogens is 276 g/mol. The molecule has 7 heteroatoms. The van der Waals surface area contributed by atoms with Gasteiger partial charge in [-0.3, -0.25) is 4.79 Å². The van der Waals surface area contributed by atoms with Crippen LogP contribution in [0.2, 0.25) is 0 Å². The van der Waals surface area contributed by atoms with Crippen LogP contribution in [0.15, 0.2) is 11.4 Å². The molecule has 0 radical (unpaired) electrons. The Hall–Kier alpha value is -1.63. The van der Waals surface area contributed by atoms with E-state index in [0.29, 0.717) is 0 Å². The van der Waals surface area contributed by atoms with E-state index < -0.39 is 0 Å². The molecule has 106 valence electrons. The first kappa shape index (κ1) is 13.4. The second-order valence-electron chi connectivity index (χ2n) is 4.71. The highest BCUT2D eigenvalue weighted by atomic mass is 32.2. The number of carbonyl (C=O) groups excluding carboxylic acids is 1. The van der Waals surface area contributed by atoms with Gasteiger partial charge in [-0.1, -0.05) is 18.2 Å². The molecule has 3 rings (SSSR count). The van der Waals surface area contributed by atoms with Crippen molar-refractivity contribution in [3.05, 3.63) is 12.2 Å². The van der Waals surface area contributed by atoms with Crippen molar-refractivity contribution < 1.29 is 9.53 Å². The van der Waals surface area contributed by atoms with Gasteiger partial charge in [0.15, 0.2) is 5.65 Å². The third-order valence-corrected chi connectivity index (χ3v) is 4.37. The molecule has 20 heavy (non-hydrogen) atoms. The van der Waals surface area contributed by atoms with Crippen molar-refractivity contribution in [1.29, 1.82) is 0 Å². The van der Waals surface area contributed by atoms with Gasteiger partial charge in [0.2, 0.25) is 0 Å². The van der Waals surface area contributed by atoms with Crippen LogP contribution in [0.4, 0.5) is 0 Å². The number of aromatic nitrogens is 4. The number of aryl methyl sites for hydroxylation is 2. The van der Waals surface area contributed by atoms with Gasteiger partial charge in [0, 0.05) is 13.0 Å². The quantitative estimate of drug-likeness (QED) is 0.488. The van der Waals surface area contributed by atoms with Gasteiger partial charge < -0.3 is 9.30 Å². The predicted octanol–water partition coefficient (Wildman–Crippen LogP) is 1.82. The van der Waals surface area contributed by atoms with Crippen molar-refractivity contribution in [3.8, 4) is 0 Å². The number of carbonyl (C=O) groups is 1. The Morgan fingerprint density at radius 1 is 1.40 bits per heavy atom. The molecule has 2 aromatic heterocycles. The standard InChI is InChI=1S/C13H16N4O2S/c1-19-10(18)7-20-13-11-12(14-8-15-13)16-9-5-3-2-4-6-17(9)11/h8H,2-7H2,1H3. The third-order valence-electron chi connectivity index (χ3n) is 3.42. The van der Waals surface area contributed by atoms with Gasteiger partial charge in [0.1, 0.15) is 22.7 Å². The summed E-state index contributed by atoms with van der Waals surface area (Å²) in [4.78, 5) is 24.5. The van der Waals surface area contributed by atoms with E-state index in [1.165, 1.54) is 38.0 Å². The van der Waals surface area contributed by atoms with Crippen LogP contribution in [0.5, 0.6) is 0 Å². The van der Waals surface area contributed by atoms with E-state index in [2.05, 4.69) is 24.3 Å². The number of ether oxygens (including phenoxy) is 1. The molecule has 0 aliphatic carbocycles.